The van der Waals surface area contributed by atoms with Crippen LogP contribution in [-0.2, 0) is 13.7 Å². The number of rotatable bonds is 12. The quantitative estimate of drug-likeness (QED) is 0.232. The maximum Gasteiger partial charge on any atom is 0.342 e. The largest absolute Gasteiger partial charge is 0.483 e. The van der Waals surface area contributed by atoms with E-state index in [0.29, 0.717) is 11.6 Å². The predicted octanol–water partition coefficient (Wildman–Crippen LogP) is 4.47. The Labute approximate surface area is 166 Å². The van der Waals surface area contributed by atoms with Gasteiger partial charge in [0.25, 0.3) is 0 Å². The number of hydrogen-bond donors (Lipinski definition) is 0. The molecule has 0 amide bonds. The van der Waals surface area contributed by atoms with Crippen molar-refractivity contribution in [2.45, 2.75) is 46.1 Å². The van der Waals surface area contributed by atoms with Crippen molar-refractivity contribution >= 4 is 17.8 Å². The molecule has 0 fully saturated rings. The van der Waals surface area contributed by atoms with Gasteiger partial charge in [-0.15, -0.1) is 0 Å². The third-order valence-electron chi connectivity index (χ3n) is 4.42. The Hall–Kier alpha value is -2.90. The summed E-state index contributed by atoms with van der Waals surface area (Å²) in [5, 5.41) is 10.9. The van der Waals surface area contributed by atoms with Crippen LogP contribution >= 0.6 is 0 Å². The van der Waals surface area contributed by atoms with Crippen molar-refractivity contribution in [1.82, 2.24) is 14.5 Å². The molecule has 0 radical (unpaired) electrons. The monoisotopic (exact) mass is 387 g/mol. The molecule has 0 unspecified atom stereocenters. The van der Waals surface area contributed by atoms with Crippen molar-refractivity contribution in [1.29, 1.82) is 0 Å². The Kier molecular flexibility index (Phi) is 8.45. The van der Waals surface area contributed by atoms with E-state index in [1.54, 1.807) is 7.05 Å². The first-order valence-corrected chi connectivity index (χ1v) is 9.71. The van der Waals surface area contributed by atoms with Gasteiger partial charge < -0.3 is 19.8 Å². The number of ether oxygens (including phenoxy) is 1. The van der Waals surface area contributed by atoms with E-state index in [1.807, 2.05) is 30.6 Å². The van der Waals surface area contributed by atoms with E-state index in [9.17, 15) is 10.1 Å². The van der Waals surface area contributed by atoms with Crippen LogP contribution in [-0.4, -0.2) is 38.8 Å². The second kappa shape index (κ2) is 11.1. The molecular formula is C20H29N5O3. The van der Waals surface area contributed by atoms with Crippen LogP contribution in [0.15, 0.2) is 35.5 Å². The van der Waals surface area contributed by atoms with E-state index in [4.69, 9.17) is 4.74 Å². The molecule has 0 aliphatic heterocycles. The summed E-state index contributed by atoms with van der Waals surface area (Å²) in [6.45, 7) is 6.59. The Morgan fingerprint density at radius 2 is 1.86 bits per heavy atom. The summed E-state index contributed by atoms with van der Waals surface area (Å²) in [5.74, 6) is 1.11. The zero-order valence-electron chi connectivity index (χ0n) is 16.9. The number of aliphatic imine (C=N–C) groups is 1. The summed E-state index contributed by atoms with van der Waals surface area (Å²) in [4.78, 5) is 21.3. The van der Waals surface area contributed by atoms with E-state index in [1.165, 1.54) is 23.6 Å². The SMILES string of the molecule is CCCCN(/C=N/c1ccc(OCc2ncc([N+](=O)[O-])n2C)cc1)CCCC. The van der Waals surface area contributed by atoms with Crippen LogP contribution in [0.2, 0.25) is 0 Å². The van der Waals surface area contributed by atoms with Crippen molar-refractivity contribution < 1.29 is 9.66 Å². The van der Waals surface area contributed by atoms with Crippen molar-refractivity contribution in [3.05, 3.63) is 46.4 Å². The standard InChI is InChI=1S/C20H29N5O3/c1-4-6-12-24(13-7-5-2)16-22-17-8-10-18(11-9-17)28-15-19-21-14-20(23(19)3)25(26)27/h8-11,14,16H,4-7,12-13,15H2,1-3H3/b22-16+. The number of imidazole rings is 1. The van der Waals surface area contributed by atoms with Gasteiger partial charge in [0.1, 0.15) is 11.9 Å². The summed E-state index contributed by atoms with van der Waals surface area (Å²) in [6.07, 6.45) is 7.82. The molecule has 0 N–H and O–H groups in total. The molecule has 0 bridgehead atoms. The fourth-order valence-corrected chi connectivity index (χ4v) is 2.62. The van der Waals surface area contributed by atoms with Crippen molar-refractivity contribution in [3.63, 3.8) is 0 Å². The number of hydrogen-bond acceptors (Lipinski definition) is 5. The van der Waals surface area contributed by atoms with Gasteiger partial charge in [0.05, 0.1) is 19.1 Å². The molecule has 152 valence electrons. The molecule has 0 atom stereocenters. The number of nitrogens with zero attached hydrogens (tertiary/aromatic N) is 5. The van der Waals surface area contributed by atoms with Gasteiger partial charge in [0.15, 0.2) is 6.61 Å². The molecule has 0 spiro atoms. The van der Waals surface area contributed by atoms with Gasteiger partial charge in [0.2, 0.25) is 5.82 Å². The van der Waals surface area contributed by atoms with Crippen LogP contribution in [0.5, 0.6) is 5.75 Å². The van der Waals surface area contributed by atoms with E-state index >= 15 is 0 Å². The van der Waals surface area contributed by atoms with Gasteiger partial charge in [-0.25, -0.2) is 14.5 Å². The lowest BCUT2D eigenvalue weighted by atomic mass is 10.3. The third kappa shape index (κ3) is 6.37. The lowest BCUT2D eigenvalue weighted by molar-refractivity contribution is -0.391. The number of nitro groups is 1. The van der Waals surface area contributed by atoms with Gasteiger partial charge in [0, 0.05) is 13.1 Å². The van der Waals surface area contributed by atoms with Crippen LogP contribution in [0.1, 0.15) is 45.4 Å². The minimum atomic E-state index is -0.465. The average Bonchev–Trinajstić information content (AvgIpc) is 3.07. The van der Waals surface area contributed by atoms with E-state index in [2.05, 4.69) is 28.7 Å². The summed E-state index contributed by atoms with van der Waals surface area (Å²) < 4.78 is 7.10. The Balaban J connectivity index is 1.92. The molecule has 28 heavy (non-hydrogen) atoms. The fraction of sp³-hybridized carbons (Fsp3) is 0.500. The molecule has 0 aliphatic rings. The minimum absolute atomic E-state index is 0.0565. The van der Waals surface area contributed by atoms with Crippen LogP contribution in [0, 0.1) is 10.1 Å². The molecule has 8 heteroatoms. The summed E-state index contributed by atoms with van der Waals surface area (Å²) in [6, 6.07) is 7.47. The molecule has 0 saturated carbocycles. The normalized spacial score (nSPS) is 11.1. The molecule has 0 saturated heterocycles. The smallest absolute Gasteiger partial charge is 0.342 e. The molecule has 0 aliphatic carbocycles. The van der Waals surface area contributed by atoms with Crippen LogP contribution in [0.3, 0.4) is 0 Å². The molecule has 1 aromatic carbocycles. The van der Waals surface area contributed by atoms with E-state index < -0.39 is 4.92 Å². The Bertz CT molecular complexity index is 763. The van der Waals surface area contributed by atoms with Gasteiger partial charge in [-0.05, 0) is 42.0 Å². The molecule has 1 aromatic heterocycles. The van der Waals surface area contributed by atoms with Gasteiger partial charge in [-0.3, -0.25) is 0 Å². The highest BCUT2D eigenvalue weighted by atomic mass is 16.6. The third-order valence-corrected chi connectivity index (χ3v) is 4.42. The first kappa shape index (κ1) is 21.4. The van der Waals surface area contributed by atoms with Crippen LogP contribution in [0.25, 0.3) is 0 Å². The maximum absolute atomic E-state index is 10.9. The highest BCUT2D eigenvalue weighted by molar-refractivity contribution is 5.61. The second-order valence-corrected chi connectivity index (χ2v) is 6.62. The fourth-order valence-electron chi connectivity index (χ4n) is 2.62. The molecular weight excluding hydrogens is 358 g/mol. The molecule has 2 rings (SSSR count). The lowest BCUT2D eigenvalue weighted by Gasteiger charge is -2.18. The number of unbranched alkanes of at least 4 members (excludes halogenated alkanes) is 2. The Morgan fingerprint density at radius 3 is 2.39 bits per heavy atom. The van der Waals surface area contributed by atoms with Gasteiger partial charge in [-0.2, -0.15) is 0 Å². The summed E-state index contributed by atoms with van der Waals surface area (Å²) >= 11 is 0. The average molecular weight is 387 g/mol. The zero-order chi connectivity index (χ0) is 20.4. The van der Waals surface area contributed by atoms with Crippen molar-refractivity contribution in [2.24, 2.45) is 12.0 Å². The van der Waals surface area contributed by atoms with E-state index in [-0.39, 0.29) is 12.4 Å². The Morgan fingerprint density at radius 1 is 1.21 bits per heavy atom. The van der Waals surface area contributed by atoms with Crippen LogP contribution < -0.4 is 4.74 Å². The second-order valence-electron chi connectivity index (χ2n) is 6.62. The molecule has 8 nitrogen and oxygen atoms in total. The van der Waals surface area contributed by atoms with Gasteiger partial charge in [-0.1, -0.05) is 26.7 Å². The highest BCUT2D eigenvalue weighted by Crippen LogP contribution is 2.20. The predicted molar refractivity (Wildman–Crippen MR) is 110 cm³/mol. The lowest BCUT2D eigenvalue weighted by Crippen LogP contribution is -2.24. The highest BCUT2D eigenvalue weighted by Gasteiger charge is 2.16. The molecule has 1 heterocycles. The van der Waals surface area contributed by atoms with Crippen molar-refractivity contribution in [2.75, 3.05) is 13.1 Å². The van der Waals surface area contributed by atoms with Crippen molar-refractivity contribution in [3.8, 4) is 5.75 Å². The summed E-state index contributed by atoms with van der Waals surface area (Å²) in [5.41, 5.74) is 0.859. The van der Waals surface area contributed by atoms with Crippen LogP contribution in [0.4, 0.5) is 11.5 Å². The zero-order valence-corrected chi connectivity index (χ0v) is 16.9. The first-order valence-electron chi connectivity index (χ1n) is 9.71. The number of benzene rings is 1. The van der Waals surface area contributed by atoms with E-state index in [0.717, 1.165) is 31.6 Å². The summed E-state index contributed by atoms with van der Waals surface area (Å²) in [7, 11) is 1.60. The maximum atomic E-state index is 10.9. The van der Waals surface area contributed by atoms with Gasteiger partial charge >= 0.3 is 5.82 Å². The molecule has 2 aromatic rings. The first-order chi connectivity index (χ1) is 13.5. The minimum Gasteiger partial charge on any atom is -0.483 e. The topological polar surface area (TPSA) is 85.8 Å². The number of aromatic nitrogens is 2.